The predicted molar refractivity (Wildman–Crippen MR) is 185 cm³/mol. The molecule has 6 aromatic carbocycles. The van der Waals surface area contributed by atoms with Crippen molar-refractivity contribution in [1.82, 2.24) is 0 Å². The lowest BCUT2D eigenvalue weighted by atomic mass is 10.0. The average Bonchev–Trinajstić information content (AvgIpc) is 3.08. The van der Waals surface area contributed by atoms with Crippen molar-refractivity contribution in [3.8, 4) is 11.1 Å². The van der Waals surface area contributed by atoms with Crippen molar-refractivity contribution in [2.45, 2.75) is 13.8 Å². The maximum Gasteiger partial charge on any atom is 0.335 e. The molecule has 0 aromatic heterocycles. The number of carboxylic acid groups (broad SMARTS) is 2. The van der Waals surface area contributed by atoms with Crippen LogP contribution in [0.15, 0.2) is 146 Å². The summed E-state index contributed by atoms with van der Waals surface area (Å²) >= 11 is 0. The Balaban J connectivity index is 1.31. The predicted octanol–water partition coefficient (Wildman–Crippen LogP) is 10.3. The Morgan fingerprint density at radius 1 is 0.370 bits per heavy atom. The summed E-state index contributed by atoms with van der Waals surface area (Å²) < 4.78 is 0. The number of hydrogen-bond donors (Lipinski definition) is 2. The molecule has 0 atom stereocenters. The van der Waals surface area contributed by atoms with Crippen LogP contribution in [0.2, 0.25) is 0 Å². The fourth-order valence-electron chi connectivity index (χ4n) is 5.39. The van der Waals surface area contributed by atoms with Crippen LogP contribution in [0.3, 0.4) is 0 Å². The third-order valence-electron chi connectivity index (χ3n) is 7.91. The Morgan fingerprint density at radius 3 is 0.826 bits per heavy atom. The third-order valence-corrected chi connectivity index (χ3v) is 7.91. The topological polar surface area (TPSA) is 81.1 Å². The second kappa shape index (κ2) is 12.8. The Bertz CT molecular complexity index is 1820. The van der Waals surface area contributed by atoms with Gasteiger partial charge in [0.2, 0.25) is 0 Å². The van der Waals surface area contributed by atoms with Crippen LogP contribution in [0.4, 0.5) is 34.1 Å². The molecule has 0 radical (unpaired) electrons. The summed E-state index contributed by atoms with van der Waals surface area (Å²) in [6, 6.07) is 46.8. The third kappa shape index (κ3) is 6.37. The molecule has 6 rings (SSSR count). The number of rotatable bonds is 9. The van der Waals surface area contributed by atoms with E-state index >= 15 is 0 Å². The van der Waals surface area contributed by atoms with E-state index in [-0.39, 0.29) is 11.1 Å². The van der Waals surface area contributed by atoms with E-state index < -0.39 is 11.9 Å². The lowest BCUT2D eigenvalue weighted by Gasteiger charge is -2.26. The maximum absolute atomic E-state index is 11.4. The molecule has 0 unspecified atom stereocenters. The molecule has 0 heterocycles. The highest BCUT2D eigenvalue weighted by Crippen LogP contribution is 2.38. The number of carbonyl (C=O) groups is 2. The minimum atomic E-state index is -0.957. The molecule has 0 bridgehead atoms. The highest BCUT2D eigenvalue weighted by atomic mass is 16.4. The van der Waals surface area contributed by atoms with Crippen LogP contribution in [0.5, 0.6) is 0 Å². The molecule has 0 spiro atoms. The van der Waals surface area contributed by atoms with Crippen LogP contribution >= 0.6 is 0 Å². The standard InChI is InChI=1S/C40H32N2O4/c1-27-3-15-33(16-4-27)41(37-23-11-31(12-24-37)39(43)44)35-19-7-29(8-20-35)30-9-21-36(22-10-30)42(34-17-5-28(2)6-18-34)38-25-13-32(14-26-38)40(45)46/h3-26H,1-2H3,(H,43,44)(H,45,46). The van der Waals surface area contributed by atoms with Crippen molar-refractivity contribution in [3.63, 3.8) is 0 Å². The van der Waals surface area contributed by atoms with Gasteiger partial charge in [-0.2, -0.15) is 0 Å². The second-order valence-electron chi connectivity index (χ2n) is 11.1. The van der Waals surface area contributed by atoms with Gasteiger partial charge in [0.1, 0.15) is 0 Å². The van der Waals surface area contributed by atoms with Crippen molar-refractivity contribution in [3.05, 3.63) is 168 Å². The lowest BCUT2D eigenvalue weighted by Crippen LogP contribution is -2.10. The van der Waals surface area contributed by atoms with E-state index in [9.17, 15) is 19.8 Å². The van der Waals surface area contributed by atoms with Crippen LogP contribution in [-0.4, -0.2) is 22.2 Å². The van der Waals surface area contributed by atoms with E-state index in [1.54, 1.807) is 24.3 Å². The summed E-state index contributed by atoms with van der Waals surface area (Å²) in [4.78, 5) is 27.1. The first-order chi connectivity index (χ1) is 22.3. The van der Waals surface area contributed by atoms with Gasteiger partial charge in [-0.15, -0.1) is 0 Å². The van der Waals surface area contributed by atoms with E-state index in [0.717, 1.165) is 56.4 Å². The van der Waals surface area contributed by atoms with Crippen LogP contribution in [0.25, 0.3) is 11.1 Å². The van der Waals surface area contributed by atoms with Gasteiger partial charge < -0.3 is 20.0 Å². The lowest BCUT2D eigenvalue weighted by molar-refractivity contribution is 0.0686. The number of anilines is 6. The molecular formula is C40H32N2O4. The first-order valence-electron chi connectivity index (χ1n) is 14.9. The molecule has 6 nitrogen and oxygen atoms in total. The van der Waals surface area contributed by atoms with Gasteiger partial charge in [0.25, 0.3) is 0 Å². The molecular weight excluding hydrogens is 572 g/mol. The van der Waals surface area contributed by atoms with Gasteiger partial charge in [0.15, 0.2) is 0 Å². The zero-order chi connectivity index (χ0) is 32.2. The molecule has 0 saturated heterocycles. The molecule has 2 N–H and O–H groups in total. The first-order valence-corrected chi connectivity index (χ1v) is 14.9. The molecule has 0 aliphatic carbocycles. The highest BCUT2D eigenvalue weighted by Gasteiger charge is 2.16. The minimum Gasteiger partial charge on any atom is -0.478 e. The van der Waals surface area contributed by atoms with E-state index in [4.69, 9.17) is 0 Å². The Morgan fingerprint density at radius 2 is 0.587 bits per heavy atom. The van der Waals surface area contributed by atoms with Gasteiger partial charge >= 0.3 is 11.9 Å². The van der Waals surface area contributed by atoms with Crippen LogP contribution in [-0.2, 0) is 0 Å². The number of aromatic carboxylic acids is 2. The summed E-state index contributed by atoms with van der Waals surface area (Å²) in [6.45, 7) is 4.09. The molecule has 226 valence electrons. The van der Waals surface area contributed by atoms with Crippen molar-refractivity contribution in [1.29, 1.82) is 0 Å². The number of hydrogen-bond acceptors (Lipinski definition) is 4. The van der Waals surface area contributed by atoms with E-state index in [0.29, 0.717) is 0 Å². The Hall–Kier alpha value is -6.14. The zero-order valence-electron chi connectivity index (χ0n) is 25.5. The second-order valence-corrected chi connectivity index (χ2v) is 11.1. The van der Waals surface area contributed by atoms with Gasteiger partial charge in [-0.1, -0.05) is 59.7 Å². The summed E-state index contributed by atoms with van der Waals surface area (Å²) in [5, 5.41) is 18.8. The SMILES string of the molecule is Cc1ccc(N(c2ccc(C(=O)O)cc2)c2ccc(-c3ccc(N(c4ccc(C)cc4)c4ccc(C(=O)O)cc4)cc3)cc2)cc1. The van der Waals surface area contributed by atoms with Gasteiger partial charge in [-0.05, 0) is 122 Å². The van der Waals surface area contributed by atoms with Crippen LogP contribution < -0.4 is 9.80 Å². The number of aryl methyl sites for hydroxylation is 2. The number of nitrogens with zero attached hydrogens (tertiary/aromatic N) is 2. The van der Waals surface area contributed by atoms with Crippen LogP contribution in [0.1, 0.15) is 31.8 Å². The van der Waals surface area contributed by atoms with Crippen molar-refractivity contribution >= 4 is 46.1 Å². The molecule has 0 amide bonds. The van der Waals surface area contributed by atoms with Gasteiger partial charge in [0.05, 0.1) is 11.1 Å². The molecule has 6 heteroatoms. The molecule has 0 saturated carbocycles. The Kier molecular flexibility index (Phi) is 8.35. The van der Waals surface area contributed by atoms with E-state index in [1.807, 2.05) is 38.1 Å². The van der Waals surface area contributed by atoms with Crippen molar-refractivity contribution in [2.24, 2.45) is 0 Å². The van der Waals surface area contributed by atoms with E-state index in [2.05, 4.69) is 107 Å². The fourth-order valence-corrected chi connectivity index (χ4v) is 5.39. The normalized spacial score (nSPS) is 10.7. The fraction of sp³-hybridized carbons (Fsp3) is 0.0500. The summed E-state index contributed by atoms with van der Waals surface area (Å²) in [5.74, 6) is -1.91. The summed E-state index contributed by atoms with van der Waals surface area (Å²) in [5.41, 5.74) is 10.4. The molecule has 0 aliphatic rings. The van der Waals surface area contributed by atoms with E-state index in [1.165, 1.54) is 0 Å². The van der Waals surface area contributed by atoms with Gasteiger partial charge in [0, 0.05) is 34.1 Å². The Labute approximate surface area is 268 Å². The van der Waals surface area contributed by atoms with Gasteiger partial charge in [-0.25, -0.2) is 9.59 Å². The van der Waals surface area contributed by atoms with Crippen molar-refractivity contribution < 1.29 is 19.8 Å². The molecule has 0 fully saturated rings. The molecule has 6 aromatic rings. The quantitative estimate of drug-likeness (QED) is 0.171. The summed E-state index contributed by atoms with van der Waals surface area (Å²) in [7, 11) is 0. The molecule has 46 heavy (non-hydrogen) atoms. The smallest absolute Gasteiger partial charge is 0.335 e. The van der Waals surface area contributed by atoms with Crippen LogP contribution in [0, 0.1) is 13.8 Å². The largest absolute Gasteiger partial charge is 0.478 e. The molecule has 0 aliphatic heterocycles. The maximum atomic E-state index is 11.4. The monoisotopic (exact) mass is 604 g/mol. The summed E-state index contributed by atoms with van der Waals surface area (Å²) in [6.07, 6.45) is 0. The minimum absolute atomic E-state index is 0.240. The van der Waals surface area contributed by atoms with Crippen molar-refractivity contribution in [2.75, 3.05) is 9.80 Å². The number of benzene rings is 6. The average molecular weight is 605 g/mol. The zero-order valence-corrected chi connectivity index (χ0v) is 25.5. The first kappa shape index (κ1) is 29.9. The number of carboxylic acids is 2. The highest BCUT2D eigenvalue weighted by molar-refractivity contribution is 5.90. The van der Waals surface area contributed by atoms with Gasteiger partial charge in [-0.3, -0.25) is 0 Å².